The van der Waals surface area contributed by atoms with Crippen molar-refractivity contribution in [2.45, 2.75) is 57.2 Å². The molecule has 1 amide bonds. The third kappa shape index (κ3) is 2.31. The highest BCUT2D eigenvalue weighted by atomic mass is 19.3. The number of rotatable bonds is 1. The fourth-order valence-electron chi connectivity index (χ4n) is 3.39. The molecule has 1 fully saturated rings. The van der Waals surface area contributed by atoms with Crippen LogP contribution in [-0.4, -0.2) is 43.9 Å². The number of amides is 1. The van der Waals surface area contributed by atoms with E-state index in [0.29, 0.717) is 24.2 Å². The number of carbonyl (C=O) groups is 1. The number of nitrogen functional groups attached to an aromatic ring is 1. The molecule has 2 heterocycles. The number of hydrogen-bond acceptors (Lipinski definition) is 5. The van der Waals surface area contributed by atoms with E-state index in [9.17, 15) is 18.7 Å². The largest absolute Gasteiger partial charge is 0.391 e. The SMILES string of the molecule is Cc1nc(N)nc2c1C(=O)N(C1C(O)CCCCC1(F)F)C2. The molecule has 1 aliphatic heterocycles. The van der Waals surface area contributed by atoms with Crippen molar-refractivity contribution in [3.05, 3.63) is 17.0 Å². The number of fused-ring (bicyclic) bond motifs is 1. The lowest BCUT2D eigenvalue weighted by Gasteiger charge is -2.35. The molecule has 1 aliphatic carbocycles. The summed E-state index contributed by atoms with van der Waals surface area (Å²) in [6.07, 6.45) is -0.467. The molecular formula is C14H18F2N4O2. The van der Waals surface area contributed by atoms with Crippen LogP contribution in [0.1, 0.15) is 47.4 Å². The fraction of sp³-hybridized carbons (Fsp3) is 0.643. The molecule has 120 valence electrons. The highest BCUT2D eigenvalue weighted by Gasteiger charge is 2.52. The summed E-state index contributed by atoms with van der Waals surface area (Å²) in [7, 11) is 0. The maximum absolute atomic E-state index is 14.4. The van der Waals surface area contributed by atoms with Gasteiger partial charge in [-0.1, -0.05) is 6.42 Å². The number of carbonyl (C=O) groups excluding carboxylic acids is 1. The van der Waals surface area contributed by atoms with Crippen molar-refractivity contribution in [2.75, 3.05) is 5.73 Å². The summed E-state index contributed by atoms with van der Waals surface area (Å²) >= 11 is 0. The average molecular weight is 312 g/mol. The minimum Gasteiger partial charge on any atom is -0.391 e. The standard InChI is InChI=1S/C14H18F2N4O2/c1-7-10-8(19-13(17)18-7)6-20(12(10)22)11-9(21)4-2-3-5-14(11,15)16/h9,11,21H,2-6H2,1H3,(H2,17,18,19). The van der Waals surface area contributed by atoms with Gasteiger partial charge < -0.3 is 15.7 Å². The monoisotopic (exact) mass is 312 g/mol. The molecule has 0 saturated heterocycles. The molecule has 2 aliphatic rings. The molecule has 1 saturated carbocycles. The molecule has 1 aromatic rings. The third-order valence-corrected chi connectivity index (χ3v) is 4.37. The van der Waals surface area contributed by atoms with Gasteiger partial charge in [-0.25, -0.2) is 18.7 Å². The summed E-state index contributed by atoms with van der Waals surface area (Å²) in [4.78, 5) is 21.5. The summed E-state index contributed by atoms with van der Waals surface area (Å²) in [6.45, 7) is 1.53. The predicted molar refractivity (Wildman–Crippen MR) is 74.3 cm³/mol. The fourth-order valence-corrected chi connectivity index (χ4v) is 3.39. The summed E-state index contributed by atoms with van der Waals surface area (Å²) in [5.41, 5.74) is 6.51. The normalized spacial score (nSPS) is 27.6. The molecule has 2 atom stereocenters. The topological polar surface area (TPSA) is 92.3 Å². The molecule has 2 unspecified atom stereocenters. The maximum Gasteiger partial charge on any atom is 0.270 e. The van der Waals surface area contributed by atoms with E-state index < -0.39 is 24.0 Å². The average Bonchev–Trinajstić information content (AvgIpc) is 2.64. The van der Waals surface area contributed by atoms with E-state index in [2.05, 4.69) is 9.97 Å². The van der Waals surface area contributed by atoms with Crippen molar-refractivity contribution in [1.82, 2.24) is 14.9 Å². The van der Waals surface area contributed by atoms with Crippen LogP contribution in [-0.2, 0) is 6.54 Å². The summed E-state index contributed by atoms with van der Waals surface area (Å²) in [5.74, 6) is -3.67. The van der Waals surface area contributed by atoms with Gasteiger partial charge in [0.25, 0.3) is 11.8 Å². The van der Waals surface area contributed by atoms with Gasteiger partial charge >= 0.3 is 0 Å². The maximum atomic E-state index is 14.4. The molecule has 0 radical (unpaired) electrons. The Hall–Kier alpha value is -1.83. The van der Waals surface area contributed by atoms with Gasteiger partial charge in [0.1, 0.15) is 6.04 Å². The summed E-state index contributed by atoms with van der Waals surface area (Å²) < 4.78 is 28.8. The third-order valence-electron chi connectivity index (χ3n) is 4.37. The number of aromatic nitrogens is 2. The highest BCUT2D eigenvalue weighted by Crippen LogP contribution is 2.39. The van der Waals surface area contributed by atoms with Gasteiger partial charge in [-0.05, 0) is 19.8 Å². The molecule has 1 aromatic heterocycles. The Morgan fingerprint density at radius 2 is 2.09 bits per heavy atom. The molecule has 3 rings (SSSR count). The van der Waals surface area contributed by atoms with Gasteiger partial charge in [0.05, 0.1) is 29.6 Å². The van der Waals surface area contributed by atoms with E-state index >= 15 is 0 Å². The molecular weight excluding hydrogens is 294 g/mol. The highest BCUT2D eigenvalue weighted by molar-refractivity contribution is 5.99. The van der Waals surface area contributed by atoms with Crippen LogP contribution in [0.4, 0.5) is 14.7 Å². The van der Waals surface area contributed by atoms with Gasteiger partial charge in [0.2, 0.25) is 5.95 Å². The van der Waals surface area contributed by atoms with Crippen LogP contribution in [0.2, 0.25) is 0 Å². The van der Waals surface area contributed by atoms with E-state index in [1.165, 1.54) is 0 Å². The van der Waals surface area contributed by atoms with Crippen LogP contribution in [0.3, 0.4) is 0 Å². The number of nitrogens with two attached hydrogens (primary N) is 1. The van der Waals surface area contributed by atoms with Crippen molar-refractivity contribution < 1.29 is 18.7 Å². The van der Waals surface area contributed by atoms with Gasteiger partial charge in [0.15, 0.2) is 0 Å². The number of aryl methyl sites for hydroxylation is 1. The summed E-state index contributed by atoms with van der Waals surface area (Å²) in [6, 6.07) is -1.53. The van der Waals surface area contributed by atoms with E-state index in [1.807, 2.05) is 0 Å². The Morgan fingerprint density at radius 3 is 2.82 bits per heavy atom. The number of alkyl halides is 2. The van der Waals surface area contributed by atoms with E-state index in [4.69, 9.17) is 5.73 Å². The number of halogens is 2. The number of aliphatic hydroxyl groups is 1. The van der Waals surface area contributed by atoms with Crippen molar-refractivity contribution in [3.63, 3.8) is 0 Å². The zero-order valence-corrected chi connectivity index (χ0v) is 12.2. The molecule has 8 heteroatoms. The minimum atomic E-state index is -3.12. The number of hydrogen-bond donors (Lipinski definition) is 2. The zero-order chi connectivity index (χ0) is 16.1. The smallest absolute Gasteiger partial charge is 0.270 e. The first-order chi connectivity index (χ1) is 10.3. The molecule has 0 aromatic carbocycles. The van der Waals surface area contributed by atoms with Crippen molar-refractivity contribution >= 4 is 11.9 Å². The molecule has 3 N–H and O–H groups in total. The first kappa shape index (κ1) is 15.1. The first-order valence-corrected chi connectivity index (χ1v) is 7.31. The van der Waals surface area contributed by atoms with Crippen LogP contribution in [0.15, 0.2) is 0 Å². The van der Waals surface area contributed by atoms with E-state index in [-0.39, 0.29) is 30.9 Å². The first-order valence-electron chi connectivity index (χ1n) is 7.31. The lowest BCUT2D eigenvalue weighted by atomic mass is 10.0. The minimum absolute atomic E-state index is 0.0130. The quantitative estimate of drug-likeness (QED) is 0.762. The lowest BCUT2D eigenvalue weighted by molar-refractivity contribution is -0.112. The van der Waals surface area contributed by atoms with Gasteiger partial charge in [-0.15, -0.1) is 0 Å². The second kappa shape index (κ2) is 5.12. The van der Waals surface area contributed by atoms with Gasteiger partial charge in [0, 0.05) is 6.42 Å². The zero-order valence-electron chi connectivity index (χ0n) is 12.2. The van der Waals surface area contributed by atoms with Crippen LogP contribution in [0, 0.1) is 6.92 Å². The van der Waals surface area contributed by atoms with Gasteiger partial charge in [-0.2, -0.15) is 0 Å². The number of anilines is 1. The summed E-state index contributed by atoms with van der Waals surface area (Å²) in [5, 5.41) is 10.1. The van der Waals surface area contributed by atoms with Gasteiger partial charge in [-0.3, -0.25) is 4.79 Å². The van der Waals surface area contributed by atoms with Crippen LogP contribution >= 0.6 is 0 Å². The predicted octanol–water partition coefficient (Wildman–Crippen LogP) is 1.26. The molecule has 0 bridgehead atoms. The Labute approximate surface area is 126 Å². The second-order valence-corrected chi connectivity index (χ2v) is 5.94. The number of nitrogens with zero attached hydrogens (tertiary/aromatic N) is 3. The molecule has 6 nitrogen and oxygen atoms in total. The Balaban J connectivity index is 1.99. The van der Waals surface area contributed by atoms with Crippen LogP contribution < -0.4 is 5.73 Å². The van der Waals surface area contributed by atoms with Crippen molar-refractivity contribution in [3.8, 4) is 0 Å². The molecule has 0 spiro atoms. The molecule has 22 heavy (non-hydrogen) atoms. The van der Waals surface area contributed by atoms with Crippen molar-refractivity contribution in [1.29, 1.82) is 0 Å². The Morgan fingerprint density at radius 1 is 1.36 bits per heavy atom. The van der Waals surface area contributed by atoms with Crippen LogP contribution in [0.5, 0.6) is 0 Å². The van der Waals surface area contributed by atoms with Crippen molar-refractivity contribution in [2.24, 2.45) is 0 Å². The van der Waals surface area contributed by atoms with Crippen LogP contribution in [0.25, 0.3) is 0 Å². The number of aliphatic hydroxyl groups excluding tert-OH is 1. The Bertz CT molecular complexity index is 623. The lowest BCUT2D eigenvalue weighted by Crippen LogP contribution is -2.54. The second-order valence-electron chi connectivity index (χ2n) is 5.94. The van der Waals surface area contributed by atoms with E-state index in [0.717, 1.165) is 4.90 Å². The Kier molecular flexibility index (Phi) is 3.51. The van der Waals surface area contributed by atoms with E-state index in [1.54, 1.807) is 6.92 Å².